The summed E-state index contributed by atoms with van der Waals surface area (Å²) in [4.78, 5) is 22.1. The highest BCUT2D eigenvalue weighted by atomic mass is 16.5. The molecule has 0 aromatic heterocycles. The zero-order valence-corrected chi connectivity index (χ0v) is 11.3. The van der Waals surface area contributed by atoms with Gasteiger partial charge in [-0.25, -0.2) is 4.79 Å². The highest BCUT2D eigenvalue weighted by Crippen LogP contribution is 2.04. The first kappa shape index (κ1) is 15.2. The lowest BCUT2D eigenvalue weighted by Gasteiger charge is -2.05. The average molecular weight is 264 g/mol. The maximum atomic E-state index is 11.6. The molecule has 104 valence electrons. The molecule has 0 radical (unpaired) electrons. The van der Waals surface area contributed by atoms with Crippen LogP contribution in [-0.2, 0) is 14.3 Å². The van der Waals surface area contributed by atoms with Gasteiger partial charge in [-0.3, -0.25) is 4.79 Å². The third kappa shape index (κ3) is 7.24. The molecule has 1 rings (SSSR count). The van der Waals surface area contributed by atoms with Gasteiger partial charge in [-0.15, -0.1) is 0 Å². The number of rotatable bonds is 8. The van der Waals surface area contributed by atoms with Crippen LogP contribution in [0.3, 0.4) is 0 Å². The van der Waals surface area contributed by atoms with Crippen LogP contribution < -0.4 is 0 Å². The number of unbranched alkanes of at least 4 members (excludes halogenated alkanes) is 3. The number of ether oxygens (including phenoxy) is 2. The van der Waals surface area contributed by atoms with E-state index in [1.54, 1.807) is 12.1 Å². The minimum atomic E-state index is -0.277. The zero-order chi connectivity index (χ0) is 13.9. The van der Waals surface area contributed by atoms with Crippen LogP contribution in [0.25, 0.3) is 0 Å². The predicted octanol–water partition coefficient (Wildman–Crippen LogP) is 2.97. The number of benzene rings is 1. The highest BCUT2D eigenvalue weighted by Gasteiger charge is 2.04. The molecule has 4 heteroatoms. The molecule has 0 aliphatic heterocycles. The maximum Gasteiger partial charge on any atom is 0.338 e. The van der Waals surface area contributed by atoms with Crippen molar-refractivity contribution >= 4 is 11.9 Å². The van der Waals surface area contributed by atoms with Crippen LogP contribution in [-0.4, -0.2) is 25.2 Å². The lowest BCUT2D eigenvalue weighted by Crippen LogP contribution is -2.06. The number of carbonyl (C=O) groups excluding carboxylic acids is 2. The maximum absolute atomic E-state index is 11.6. The monoisotopic (exact) mass is 264 g/mol. The lowest BCUT2D eigenvalue weighted by molar-refractivity contribution is -0.141. The van der Waals surface area contributed by atoms with Gasteiger partial charge >= 0.3 is 11.9 Å². The van der Waals surface area contributed by atoms with Crippen LogP contribution >= 0.6 is 0 Å². The second-order valence-electron chi connectivity index (χ2n) is 4.26. The molecule has 0 saturated heterocycles. The quantitative estimate of drug-likeness (QED) is 0.535. The minimum Gasteiger partial charge on any atom is -0.466 e. The topological polar surface area (TPSA) is 52.6 Å². The summed E-state index contributed by atoms with van der Waals surface area (Å²) in [5, 5.41) is 0. The van der Waals surface area contributed by atoms with E-state index in [0.29, 0.717) is 18.8 Å². The fraction of sp³-hybridized carbons (Fsp3) is 0.467. The highest BCUT2D eigenvalue weighted by molar-refractivity contribution is 5.89. The van der Waals surface area contributed by atoms with Crippen molar-refractivity contribution in [1.29, 1.82) is 0 Å². The third-order valence-corrected chi connectivity index (χ3v) is 2.59. The first-order valence-electron chi connectivity index (χ1n) is 6.55. The Morgan fingerprint density at radius 3 is 2.05 bits per heavy atom. The molecule has 0 heterocycles. The van der Waals surface area contributed by atoms with Crippen LogP contribution in [0, 0.1) is 0 Å². The molecule has 1 aromatic carbocycles. The van der Waals surface area contributed by atoms with Crippen molar-refractivity contribution in [3.63, 3.8) is 0 Å². The molecule has 1 aromatic rings. The molecule has 0 unspecified atom stereocenters. The molecule has 4 nitrogen and oxygen atoms in total. The van der Waals surface area contributed by atoms with Crippen molar-refractivity contribution in [3.8, 4) is 0 Å². The van der Waals surface area contributed by atoms with E-state index >= 15 is 0 Å². The van der Waals surface area contributed by atoms with Crippen LogP contribution in [0.2, 0.25) is 0 Å². The van der Waals surface area contributed by atoms with E-state index in [1.165, 1.54) is 6.92 Å². The van der Waals surface area contributed by atoms with Gasteiger partial charge in [-0.2, -0.15) is 0 Å². The normalized spacial score (nSPS) is 9.95. The van der Waals surface area contributed by atoms with E-state index in [-0.39, 0.29) is 11.9 Å². The molecule has 0 bridgehead atoms. The fourth-order valence-electron chi connectivity index (χ4n) is 1.60. The molecule has 0 amide bonds. The van der Waals surface area contributed by atoms with Gasteiger partial charge in [0.15, 0.2) is 0 Å². The van der Waals surface area contributed by atoms with Gasteiger partial charge in [-0.05, 0) is 37.8 Å². The Balaban J connectivity index is 1.99. The second kappa shape index (κ2) is 9.14. The summed E-state index contributed by atoms with van der Waals surface area (Å²) in [6, 6.07) is 8.96. The zero-order valence-electron chi connectivity index (χ0n) is 11.3. The fourth-order valence-corrected chi connectivity index (χ4v) is 1.60. The van der Waals surface area contributed by atoms with Gasteiger partial charge in [0.1, 0.15) is 0 Å². The SMILES string of the molecule is CC(=O)OCCCCCCOC(=O)c1ccccc1. The van der Waals surface area contributed by atoms with E-state index < -0.39 is 0 Å². The van der Waals surface area contributed by atoms with Gasteiger partial charge in [0, 0.05) is 6.92 Å². The molecule has 0 aliphatic carbocycles. The minimum absolute atomic E-state index is 0.239. The standard InChI is InChI=1S/C15H20O4/c1-13(16)18-11-7-2-3-8-12-19-15(17)14-9-5-4-6-10-14/h4-6,9-10H,2-3,7-8,11-12H2,1H3. The molecule has 0 aliphatic rings. The van der Waals surface area contributed by atoms with E-state index in [0.717, 1.165) is 25.7 Å². The summed E-state index contributed by atoms with van der Waals surface area (Å²) in [6.07, 6.45) is 3.62. The molecule has 0 atom stereocenters. The summed E-state index contributed by atoms with van der Waals surface area (Å²) in [5.41, 5.74) is 0.581. The molecule has 0 saturated carbocycles. The van der Waals surface area contributed by atoms with Gasteiger partial charge in [0.05, 0.1) is 18.8 Å². The van der Waals surface area contributed by atoms with Crippen LogP contribution in [0.5, 0.6) is 0 Å². The van der Waals surface area contributed by atoms with Gasteiger partial charge in [0.25, 0.3) is 0 Å². The first-order chi connectivity index (χ1) is 9.20. The van der Waals surface area contributed by atoms with E-state index in [9.17, 15) is 9.59 Å². The third-order valence-electron chi connectivity index (χ3n) is 2.59. The summed E-state index contributed by atoms with van der Waals surface area (Å²) in [6.45, 7) is 2.31. The Morgan fingerprint density at radius 1 is 0.895 bits per heavy atom. The Hall–Kier alpha value is -1.84. The predicted molar refractivity (Wildman–Crippen MR) is 71.8 cm³/mol. The van der Waals surface area contributed by atoms with Crippen molar-refractivity contribution in [2.45, 2.75) is 32.6 Å². The van der Waals surface area contributed by atoms with Crippen molar-refractivity contribution < 1.29 is 19.1 Å². The Labute approximate surface area is 113 Å². The van der Waals surface area contributed by atoms with Crippen LogP contribution in [0.1, 0.15) is 43.0 Å². The largest absolute Gasteiger partial charge is 0.466 e. The van der Waals surface area contributed by atoms with Crippen molar-refractivity contribution in [3.05, 3.63) is 35.9 Å². The molecule has 0 spiro atoms. The first-order valence-corrected chi connectivity index (χ1v) is 6.55. The van der Waals surface area contributed by atoms with E-state index in [1.807, 2.05) is 18.2 Å². The van der Waals surface area contributed by atoms with Crippen molar-refractivity contribution in [1.82, 2.24) is 0 Å². The number of hydrogen-bond donors (Lipinski definition) is 0. The lowest BCUT2D eigenvalue weighted by atomic mass is 10.2. The molecular weight excluding hydrogens is 244 g/mol. The van der Waals surface area contributed by atoms with E-state index in [2.05, 4.69) is 0 Å². The number of carbonyl (C=O) groups is 2. The summed E-state index contributed by atoms with van der Waals surface area (Å²) in [5.74, 6) is -0.516. The summed E-state index contributed by atoms with van der Waals surface area (Å²) in [7, 11) is 0. The molecule has 19 heavy (non-hydrogen) atoms. The smallest absolute Gasteiger partial charge is 0.338 e. The number of hydrogen-bond acceptors (Lipinski definition) is 4. The Bertz CT molecular complexity index is 386. The van der Waals surface area contributed by atoms with Crippen molar-refractivity contribution in [2.24, 2.45) is 0 Å². The molecule has 0 N–H and O–H groups in total. The summed E-state index contributed by atoms with van der Waals surface area (Å²) < 4.78 is 9.97. The average Bonchev–Trinajstić information content (AvgIpc) is 2.42. The van der Waals surface area contributed by atoms with E-state index in [4.69, 9.17) is 9.47 Å². The van der Waals surface area contributed by atoms with Gasteiger partial charge < -0.3 is 9.47 Å². The van der Waals surface area contributed by atoms with Crippen LogP contribution in [0.15, 0.2) is 30.3 Å². The van der Waals surface area contributed by atoms with Crippen molar-refractivity contribution in [2.75, 3.05) is 13.2 Å². The summed E-state index contributed by atoms with van der Waals surface area (Å²) >= 11 is 0. The second-order valence-corrected chi connectivity index (χ2v) is 4.26. The van der Waals surface area contributed by atoms with Gasteiger partial charge in [0.2, 0.25) is 0 Å². The van der Waals surface area contributed by atoms with Gasteiger partial charge in [-0.1, -0.05) is 18.2 Å². The Morgan fingerprint density at radius 2 is 1.47 bits per heavy atom. The molecular formula is C15H20O4. The Kier molecular flexibility index (Phi) is 7.32. The number of esters is 2. The molecule has 0 fully saturated rings. The van der Waals surface area contributed by atoms with Crippen LogP contribution in [0.4, 0.5) is 0 Å².